The van der Waals surface area contributed by atoms with E-state index in [4.69, 9.17) is 53.2 Å². The van der Waals surface area contributed by atoms with Gasteiger partial charge in [-0.2, -0.15) is 11.1 Å². The summed E-state index contributed by atoms with van der Waals surface area (Å²) in [5.74, 6) is -3.10. The molecule has 0 saturated carbocycles. The Morgan fingerprint density at radius 1 is 0.685 bits per heavy atom. The summed E-state index contributed by atoms with van der Waals surface area (Å²) in [7, 11) is -4.56. The lowest BCUT2D eigenvalue weighted by Crippen LogP contribution is -2.51. The molecule has 398 valence electrons. The number of nitrogens with one attached hydrogen (secondary N) is 4. The molecule has 0 aliphatic heterocycles. The van der Waals surface area contributed by atoms with E-state index in [1.54, 1.807) is 61.5 Å². The first kappa shape index (κ1) is 65.5. The van der Waals surface area contributed by atoms with E-state index in [9.17, 15) is 28.7 Å². The van der Waals surface area contributed by atoms with Crippen molar-refractivity contribution in [1.82, 2.24) is 21.7 Å². The predicted molar refractivity (Wildman–Crippen MR) is 318 cm³/mol. The number of aliphatic hydroxyl groups is 1. The Bertz CT molecular complexity index is 2610. The second-order valence-electron chi connectivity index (χ2n) is 20.2. The van der Waals surface area contributed by atoms with Crippen molar-refractivity contribution in [3.63, 3.8) is 0 Å². The summed E-state index contributed by atoms with van der Waals surface area (Å²) in [6.45, 7) is 43.1. The van der Waals surface area contributed by atoms with Crippen LogP contribution >= 0.6 is 79.5 Å². The molecule has 0 aromatic heterocycles. The monoisotopic (exact) mass is 1320 g/mol. The molecule has 0 spiro atoms. The summed E-state index contributed by atoms with van der Waals surface area (Å²) in [4.78, 5) is 57.4. The number of nitrogens with zero attached hydrogens (tertiary/aromatic N) is 2. The molecule has 4 atom stereocenters. The van der Waals surface area contributed by atoms with E-state index in [-0.39, 0.29) is 17.4 Å². The molecule has 5 N–H and O–H groups in total. The minimum atomic E-state index is -2.17. The Morgan fingerprint density at radius 3 is 1.32 bits per heavy atom. The molecule has 12 nitrogen and oxygen atoms in total. The van der Waals surface area contributed by atoms with Crippen LogP contribution in [0.1, 0.15) is 99.7 Å². The van der Waals surface area contributed by atoms with Crippen LogP contribution in [0.3, 0.4) is 0 Å². The number of hydrogen-bond acceptors (Lipinski definition) is 6. The summed E-state index contributed by atoms with van der Waals surface area (Å²) in [6.07, 6.45) is -0.795. The lowest BCUT2D eigenvalue weighted by Gasteiger charge is -2.40. The van der Waals surface area contributed by atoms with Gasteiger partial charge in [-0.25, -0.2) is 9.69 Å². The molecular weight excluding hydrogens is 1250 g/mol. The average molecular weight is 1320 g/mol. The van der Waals surface area contributed by atoms with E-state index in [1.165, 1.54) is 6.92 Å². The standard InChI is InChI=1S/C26H33ClIN3O3Si.C20H19ClIN3O3.C6H15ClSi.CH3F/c1-16-19(11-14-22(29-6)23(16)27)15-21(17(2)34-35(7,8)26(3,4)5)25(33)31-30-24(32)18-9-12-20(28)13-10-18;1-11-14(6-9-17(23-3)18(11)21)10-16(12(2)26)20(28)25-24-19(27)13-4-7-15(22)8-5-13;1-6(2,3)8(4,5)7;1-2/h9-14,17,21H,15H2,1-5,7-8H3,(H,30,32)(H,31,33);4-9,12,16,26H,10H2,1-2H3,(H,24,27)(H,25,28);1-5H3;1H3/t17-,21+;12-,16+;;/m00../s1/i;;;1D. The highest BCUT2D eigenvalue weighted by Crippen LogP contribution is 2.40. The van der Waals surface area contributed by atoms with Crippen LogP contribution in [-0.4, -0.2) is 63.8 Å². The van der Waals surface area contributed by atoms with Gasteiger partial charge in [0.2, 0.25) is 23.2 Å². The van der Waals surface area contributed by atoms with Gasteiger partial charge in [0.15, 0.2) is 15.7 Å². The van der Waals surface area contributed by atoms with Gasteiger partial charge in [-0.15, -0.1) is 0 Å². The van der Waals surface area contributed by atoms with Crippen LogP contribution in [0.5, 0.6) is 0 Å². The molecule has 0 aliphatic rings. The van der Waals surface area contributed by atoms with Crippen LogP contribution in [-0.2, 0) is 26.9 Å². The van der Waals surface area contributed by atoms with Gasteiger partial charge in [-0.05, 0) is 180 Å². The van der Waals surface area contributed by atoms with Gasteiger partial charge in [0.1, 0.15) is 0 Å². The zero-order valence-corrected chi connectivity index (χ0v) is 52.6. The van der Waals surface area contributed by atoms with Crippen molar-refractivity contribution in [2.24, 2.45) is 11.8 Å². The van der Waals surface area contributed by atoms with Crippen LogP contribution in [0.25, 0.3) is 9.69 Å². The Balaban J connectivity index is 0.000000624. The van der Waals surface area contributed by atoms with E-state index in [0.29, 0.717) is 49.6 Å². The maximum atomic E-state index is 13.4. The van der Waals surface area contributed by atoms with Crippen LogP contribution < -0.4 is 21.7 Å². The van der Waals surface area contributed by atoms with Gasteiger partial charge in [0.05, 0.1) is 55.8 Å². The summed E-state index contributed by atoms with van der Waals surface area (Å²) >= 11 is 23.0. The van der Waals surface area contributed by atoms with Gasteiger partial charge in [0.25, 0.3) is 11.8 Å². The summed E-state index contributed by atoms with van der Waals surface area (Å²) in [5.41, 5.74) is 14.5. The van der Waals surface area contributed by atoms with E-state index < -0.39 is 64.6 Å². The van der Waals surface area contributed by atoms with Crippen LogP contribution in [0.15, 0.2) is 72.8 Å². The molecule has 4 amide bonds. The Hall–Kier alpha value is -3.65. The molecule has 73 heavy (non-hydrogen) atoms. The number of carbonyl (C=O) groups is 4. The molecule has 20 heteroatoms. The Morgan fingerprint density at radius 2 is 1.01 bits per heavy atom. The SMILES string of the molecule is CC(C)(C)[Si](C)(C)Cl.[2H]CF.[C-]#[N+]c1ccc(C[C@@H](C(=O)NNC(=O)c2ccc(I)cc2)[C@H](C)O)c(C)c1Cl.[C-]#[N+]c1ccc(C[C@@H](C(=O)NNC(=O)c2ccc(I)cc2)[C@H](C)O[Si](C)(C)C(C)(C)C)c(C)c1Cl. The fourth-order valence-corrected chi connectivity index (χ4v) is 8.58. The van der Waals surface area contributed by atoms with Crippen molar-refractivity contribution in [1.29, 1.82) is 0 Å². The van der Waals surface area contributed by atoms with E-state index >= 15 is 0 Å². The first-order chi connectivity index (χ1) is 34.1. The highest BCUT2D eigenvalue weighted by atomic mass is 127. The van der Waals surface area contributed by atoms with Gasteiger partial charge < -0.3 is 9.53 Å². The highest BCUT2D eigenvalue weighted by Gasteiger charge is 2.41. The largest absolute Gasteiger partial charge is 0.413 e. The number of aliphatic hydroxyl groups excluding tert-OH is 1. The molecule has 0 fully saturated rings. The lowest BCUT2D eigenvalue weighted by atomic mass is 9.91. The van der Waals surface area contributed by atoms with Gasteiger partial charge in [-0.1, -0.05) is 102 Å². The van der Waals surface area contributed by atoms with Gasteiger partial charge >= 0.3 is 0 Å². The molecule has 4 aromatic rings. The molecule has 0 unspecified atom stereocenters. The number of halogens is 6. The second-order valence-corrected chi connectivity index (χ2v) is 35.4. The van der Waals surface area contributed by atoms with Crippen molar-refractivity contribution < 1.29 is 34.5 Å². The number of benzene rings is 4. The fraction of sp³-hybridized carbons (Fsp3) is 0.434. The molecule has 0 saturated heterocycles. The third kappa shape index (κ3) is 21.1. The number of rotatable bonds is 12. The zero-order chi connectivity index (χ0) is 57.1. The van der Waals surface area contributed by atoms with Gasteiger partial charge in [-0.3, -0.25) is 45.3 Å². The van der Waals surface area contributed by atoms with Crippen molar-refractivity contribution in [2.75, 3.05) is 7.15 Å². The van der Waals surface area contributed by atoms with Crippen LogP contribution in [0.4, 0.5) is 15.8 Å². The van der Waals surface area contributed by atoms with E-state index in [2.05, 4.69) is 144 Å². The average Bonchev–Trinajstić information content (AvgIpc) is 3.30. The third-order valence-electron chi connectivity index (χ3n) is 12.8. The summed E-state index contributed by atoms with van der Waals surface area (Å²) in [5, 5.41) is 11.1. The first-order valence-corrected chi connectivity index (χ1v) is 32.8. The lowest BCUT2D eigenvalue weighted by molar-refractivity contribution is -0.129. The minimum Gasteiger partial charge on any atom is -0.413 e. The molecule has 0 aliphatic carbocycles. The van der Waals surface area contributed by atoms with Crippen molar-refractivity contribution in [2.45, 2.75) is 131 Å². The smallest absolute Gasteiger partial charge is 0.269 e. The van der Waals surface area contributed by atoms with Crippen LogP contribution in [0.2, 0.25) is 46.3 Å². The number of hydrogen-bond donors (Lipinski definition) is 5. The quantitative estimate of drug-likeness (QED) is 0.0313. The number of amides is 4. The molecule has 4 rings (SSSR count). The van der Waals surface area contributed by atoms with E-state index in [0.717, 1.165) is 23.8 Å². The minimum absolute atomic E-state index is 0.0299. The number of hydrazine groups is 2. The highest BCUT2D eigenvalue weighted by molar-refractivity contribution is 14.1. The maximum Gasteiger partial charge on any atom is 0.269 e. The Labute approximate surface area is 478 Å². The number of alkyl halides is 1. The van der Waals surface area contributed by atoms with Crippen molar-refractivity contribution in [3.05, 3.63) is 146 Å². The molecule has 0 radical (unpaired) electrons. The van der Waals surface area contributed by atoms with Crippen LogP contribution in [0, 0.1) is 46.0 Å². The molecule has 4 aromatic carbocycles. The van der Waals surface area contributed by atoms with Crippen molar-refractivity contribution >= 4 is 130 Å². The van der Waals surface area contributed by atoms with E-state index in [1.807, 2.05) is 32.0 Å². The summed E-state index contributed by atoms with van der Waals surface area (Å²) < 4.78 is 24.1. The molecule has 0 bridgehead atoms. The normalized spacial score (nSPS) is 13.1. The Kier molecular flexibility index (Phi) is 27.1. The zero-order valence-electron chi connectivity index (χ0n) is 45.0. The fourth-order valence-electron chi connectivity index (χ4n) is 5.96. The second kappa shape index (κ2) is 30.2. The van der Waals surface area contributed by atoms with Crippen molar-refractivity contribution in [3.8, 4) is 0 Å². The predicted octanol–water partition coefficient (Wildman–Crippen LogP) is 14.5. The summed E-state index contributed by atoms with van der Waals surface area (Å²) in [6, 6.07) is 20.8. The topological polar surface area (TPSA) is 155 Å². The first-order valence-electron chi connectivity index (χ1n) is 23.7. The third-order valence-corrected chi connectivity index (χ3v) is 25.0. The molecule has 0 heterocycles. The maximum absolute atomic E-state index is 13.4. The van der Waals surface area contributed by atoms with Gasteiger partial charge in [0, 0.05) is 18.3 Å². The molecular formula is C53H70Cl3FI2N6O6Si2. The number of carbonyl (C=O) groups excluding carboxylic acids is 4.